The highest BCUT2D eigenvalue weighted by Gasteiger charge is 2.19. The minimum Gasteiger partial charge on any atom is -0.508 e. The average Bonchev–Trinajstić information content (AvgIpc) is 2.33. The second-order valence-electron chi connectivity index (χ2n) is 4.79. The van der Waals surface area contributed by atoms with Crippen molar-refractivity contribution in [2.75, 3.05) is 19.6 Å². The topological polar surface area (TPSA) is 69.7 Å². The van der Waals surface area contributed by atoms with Crippen LogP contribution in [0.25, 0.3) is 0 Å². The van der Waals surface area contributed by atoms with E-state index in [1.165, 1.54) is 18.9 Å². The van der Waals surface area contributed by atoms with Gasteiger partial charge in [-0.25, -0.2) is 0 Å². The van der Waals surface area contributed by atoms with Gasteiger partial charge in [-0.05, 0) is 37.9 Å². The SMILES string of the molecule is NCC1CCCN(Cc2ccc(O)cc2O)C1. The Balaban J connectivity index is 2.00. The molecule has 1 aromatic rings. The van der Waals surface area contributed by atoms with E-state index in [0.29, 0.717) is 5.92 Å². The van der Waals surface area contributed by atoms with Gasteiger partial charge in [0.2, 0.25) is 0 Å². The van der Waals surface area contributed by atoms with Gasteiger partial charge >= 0.3 is 0 Å². The third-order valence-electron chi connectivity index (χ3n) is 3.40. The normalized spacial score (nSPS) is 21.6. The van der Waals surface area contributed by atoms with Gasteiger partial charge in [0.05, 0.1) is 0 Å². The molecule has 4 heteroatoms. The van der Waals surface area contributed by atoms with Gasteiger partial charge in [-0.2, -0.15) is 0 Å². The van der Waals surface area contributed by atoms with Crippen molar-refractivity contribution in [3.63, 3.8) is 0 Å². The molecule has 4 nitrogen and oxygen atoms in total. The molecule has 1 aliphatic heterocycles. The first-order valence-corrected chi connectivity index (χ1v) is 6.12. The minimum absolute atomic E-state index is 0.102. The van der Waals surface area contributed by atoms with Crippen LogP contribution < -0.4 is 5.73 Å². The van der Waals surface area contributed by atoms with E-state index >= 15 is 0 Å². The number of nitrogens with two attached hydrogens (primary N) is 1. The Morgan fingerprint density at radius 3 is 2.88 bits per heavy atom. The maximum atomic E-state index is 9.73. The van der Waals surface area contributed by atoms with Gasteiger partial charge in [0, 0.05) is 24.7 Å². The molecule has 1 fully saturated rings. The maximum Gasteiger partial charge on any atom is 0.123 e. The molecule has 0 saturated carbocycles. The average molecular weight is 236 g/mol. The molecule has 1 saturated heterocycles. The van der Waals surface area contributed by atoms with Crippen LogP contribution in [0.3, 0.4) is 0 Å². The van der Waals surface area contributed by atoms with E-state index in [-0.39, 0.29) is 11.5 Å². The van der Waals surface area contributed by atoms with E-state index in [1.807, 2.05) is 0 Å². The molecule has 0 aliphatic carbocycles. The Labute approximate surface area is 102 Å². The molecule has 17 heavy (non-hydrogen) atoms. The summed E-state index contributed by atoms with van der Waals surface area (Å²) in [6.45, 7) is 3.51. The summed E-state index contributed by atoms with van der Waals surface area (Å²) in [7, 11) is 0. The number of hydrogen-bond acceptors (Lipinski definition) is 4. The number of hydrogen-bond donors (Lipinski definition) is 3. The Morgan fingerprint density at radius 2 is 2.18 bits per heavy atom. The highest BCUT2D eigenvalue weighted by molar-refractivity contribution is 5.38. The van der Waals surface area contributed by atoms with Crippen LogP contribution >= 0.6 is 0 Å². The van der Waals surface area contributed by atoms with Gasteiger partial charge in [0.25, 0.3) is 0 Å². The lowest BCUT2D eigenvalue weighted by Gasteiger charge is -2.32. The van der Waals surface area contributed by atoms with Crippen molar-refractivity contribution < 1.29 is 10.2 Å². The van der Waals surface area contributed by atoms with Crippen molar-refractivity contribution in [3.05, 3.63) is 23.8 Å². The molecule has 0 spiro atoms. The summed E-state index contributed by atoms with van der Waals surface area (Å²) >= 11 is 0. The Hall–Kier alpha value is -1.26. The number of nitrogens with zero attached hydrogens (tertiary/aromatic N) is 1. The third kappa shape index (κ3) is 3.11. The molecule has 1 aliphatic rings. The summed E-state index contributed by atoms with van der Waals surface area (Å²) in [6.07, 6.45) is 2.37. The van der Waals surface area contributed by atoms with Crippen LogP contribution in [0.15, 0.2) is 18.2 Å². The first-order chi connectivity index (χ1) is 8.19. The van der Waals surface area contributed by atoms with E-state index in [4.69, 9.17) is 5.73 Å². The summed E-state index contributed by atoms with van der Waals surface area (Å²) in [5, 5.41) is 19.0. The summed E-state index contributed by atoms with van der Waals surface area (Å²) in [4.78, 5) is 2.31. The lowest BCUT2D eigenvalue weighted by molar-refractivity contribution is 0.169. The Bertz CT molecular complexity index is 382. The second-order valence-corrected chi connectivity index (χ2v) is 4.79. The summed E-state index contributed by atoms with van der Waals surface area (Å²) in [6, 6.07) is 4.77. The molecule has 0 amide bonds. The number of likely N-dealkylation sites (tertiary alicyclic amines) is 1. The number of benzene rings is 1. The predicted molar refractivity (Wildman–Crippen MR) is 66.8 cm³/mol. The highest BCUT2D eigenvalue weighted by Crippen LogP contribution is 2.25. The molecule has 4 N–H and O–H groups in total. The maximum absolute atomic E-state index is 9.73. The largest absolute Gasteiger partial charge is 0.508 e. The second kappa shape index (κ2) is 5.38. The first kappa shape index (κ1) is 12.2. The fraction of sp³-hybridized carbons (Fsp3) is 0.538. The molecular weight excluding hydrogens is 216 g/mol. The molecule has 1 atom stereocenters. The predicted octanol–water partition coefficient (Wildman–Crippen LogP) is 1.27. The molecule has 1 heterocycles. The molecule has 0 aromatic heterocycles. The van der Waals surface area contributed by atoms with Crippen LogP contribution in [0.4, 0.5) is 0 Å². The quantitative estimate of drug-likeness (QED) is 0.739. The standard InChI is InChI=1S/C13H20N2O2/c14-7-10-2-1-5-15(8-10)9-11-3-4-12(16)6-13(11)17/h3-4,6,10,16-17H,1-2,5,7-9,14H2. The number of phenols is 2. The minimum atomic E-state index is 0.102. The summed E-state index contributed by atoms with van der Waals surface area (Å²) in [5.74, 6) is 0.840. The molecule has 2 rings (SSSR count). The van der Waals surface area contributed by atoms with Gasteiger partial charge in [-0.15, -0.1) is 0 Å². The lowest BCUT2D eigenvalue weighted by Crippen LogP contribution is -2.37. The highest BCUT2D eigenvalue weighted by atomic mass is 16.3. The van der Waals surface area contributed by atoms with E-state index in [1.54, 1.807) is 12.1 Å². The zero-order valence-electron chi connectivity index (χ0n) is 9.97. The van der Waals surface area contributed by atoms with E-state index in [9.17, 15) is 10.2 Å². The first-order valence-electron chi connectivity index (χ1n) is 6.12. The van der Waals surface area contributed by atoms with Crippen molar-refractivity contribution >= 4 is 0 Å². The van der Waals surface area contributed by atoms with Crippen LogP contribution in [0.2, 0.25) is 0 Å². The van der Waals surface area contributed by atoms with Gasteiger partial charge < -0.3 is 15.9 Å². The zero-order chi connectivity index (χ0) is 12.3. The van der Waals surface area contributed by atoms with Crippen molar-refractivity contribution in [1.82, 2.24) is 4.90 Å². The van der Waals surface area contributed by atoms with E-state index in [0.717, 1.165) is 31.7 Å². The van der Waals surface area contributed by atoms with Gasteiger partial charge in [0.1, 0.15) is 11.5 Å². The van der Waals surface area contributed by atoms with Gasteiger partial charge in [-0.3, -0.25) is 4.90 Å². The van der Waals surface area contributed by atoms with Crippen LogP contribution in [0, 0.1) is 5.92 Å². The van der Waals surface area contributed by atoms with Crippen molar-refractivity contribution in [1.29, 1.82) is 0 Å². The summed E-state index contributed by atoms with van der Waals surface area (Å²) < 4.78 is 0. The number of rotatable bonds is 3. The van der Waals surface area contributed by atoms with Gasteiger partial charge in [0.15, 0.2) is 0 Å². The Morgan fingerprint density at radius 1 is 1.35 bits per heavy atom. The van der Waals surface area contributed by atoms with Crippen molar-refractivity contribution in [2.45, 2.75) is 19.4 Å². The molecule has 1 aromatic carbocycles. The van der Waals surface area contributed by atoms with E-state index < -0.39 is 0 Å². The number of piperidine rings is 1. The fourth-order valence-corrected chi connectivity index (χ4v) is 2.41. The van der Waals surface area contributed by atoms with Crippen LogP contribution in [0.1, 0.15) is 18.4 Å². The van der Waals surface area contributed by atoms with Crippen molar-refractivity contribution in [2.24, 2.45) is 11.7 Å². The third-order valence-corrected chi connectivity index (χ3v) is 3.40. The monoisotopic (exact) mass is 236 g/mol. The van der Waals surface area contributed by atoms with Crippen LogP contribution in [-0.4, -0.2) is 34.7 Å². The zero-order valence-corrected chi connectivity index (χ0v) is 9.97. The van der Waals surface area contributed by atoms with Gasteiger partial charge in [-0.1, -0.05) is 6.07 Å². The lowest BCUT2D eigenvalue weighted by atomic mass is 9.98. The molecule has 94 valence electrons. The molecule has 1 unspecified atom stereocenters. The number of phenolic OH excluding ortho intramolecular Hbond substituents is 2. The summed E-state index contributed by atoms with van der Waals surface area (Å²) in [5.41, 5.74) is 6.56. The number of aromatic hydroxyl groups is 2. The van der Waals surface area contributed by atoms with E-state index in [2.05, 4.69) is 4.90 Å². The van der Waals surface area contributed by atoms with Crippen LogP contribution in [-0.2, 0) is 6.54 Å². The Kier molecular flexibility index (Phi) is 3.86. The van der Waals surface area contributed by atoms with Crippen molar-refractivity contribution in [3.8, 4) is 11.5 Å². The molecule has 0 bridgehead atoms. The fourth-order valence-electron chi connectivity index (χ4n) is 2.41. The van der Waals surface area contributed by atoms with Crippen LogP contribution in [0.5, 0.6) is 11.5 Å². The molecular formula is C13H20N2O2. The smallest absolute Gasteiger partial charge is 0.123 e. The molecule has 0 radical (unpaired) electrons.